The third-order valence-corrected chi connectivity index (χ3v) is 9.46. The molecule has 0 spiro atoms. The van der Waals surface area contributed by atoms with Crippen LogP contribution in [0, 0.1) is 0 Å². The van der Waals surface area contributed by atoms with Gasteiger partial charge in [0.1, 0.15) is 19.8 Å². The highest BCUT2D eigenvalue weighted by Gasteiger charge is 2.27. The Morgan fingerprint density at radius 1 is 0.564 bits per heavy atom. The van der Waals surface area contributed by atoms with Gasteiger partial charge in [0, 0.05) is 12.8 Å². The molecule has 0 aliphatic heterocycles. The van der Waals surface area contributed by atoms with Gasteiger partial charge < -0.3 is 18.9 Å². The monoisotopic (exact) mass is 793 g/mol. The van der Waals surface area contributed by atoms with E-state index < -0.39 is 32.5 Å². The van der Waals surface area contributed by atoms with Gasteiger partial charge in [0.15, 0.2) is 6.10 Å². The van der Waals surface area contributed by atoms with Gasteiger partial charge in [-0.25, -0.2) is 4.57 Å². The maximum atomic E-state index is 12.6. The molecule has 0 aromatic heterocycles. The minimum absolute atomic E-state index is 0.0137. The third kappa shape index (κ3) is 40.9. The van der Waals surface area contributed by atoms with E-state index in [1.54, 1.807) is 0 Å². The molecule has 9 nitrogen and oxygen atoms in total. The molecule has 0 aromatic carbocycles. The second kappa shape index (κ2) is 37.1. The van der Waals surface area contributed by atoms with Crippen molar-refractivity contribution in [2.75, 3.05) is 47.5 Å². The smallest absolute Gasteiger partial charge is 0.462 e. The van der Waals surface area contributed by atoms with Crippen LogP contribution in [0.3, 0.4) is 0 Å². The number of phosphoric ester groups is 1. The van der Waals surface area contributed by atoms with E-state index in [4.69, 9.17) is 18.5 Å². The molecular weight excluding hydrogens is 713 g/mol. The Bertz CT molecular complexity index is 1170. The van der Waals surface area contributed by atoms with E-state index in [2.05, 4.69) is 74.6 Å². The number of quaternary nitrogens is 1. The van der Waals surface area contributed by atoms with E-state index in [0.717, 1.165) is 64.2 Å². The summed E-state index contributed by atoms with van der Waals surface area (Å²) < 4.78 is 34.1. The SMILES string of the molecule is CCCCC/C=C/C/C=C/C/C=C/C/C=C/C/C=C/CCC(=O)O[C@H](COC(=O)CCCCCCC/C=C/CCCCC)COP(=O)(O)OCC[N+](C)(C)C. The van der Waals surface area contributed by atoms with Crippen LogP contribution in [0.4, 0.5) is 0 Å². The summed E-state index contributed by atoms with van der Waals surface area (Å²) in [6.45, 7) is 4.25. The van der Waals surface area contributed by atoms with Gasteiger partial charge in [-0.05, 0) is 77.0 Å². The summed E-state index contributed by atoms with van der Waals surface area (Å²) in [7, 11) is 1.41. The van der Waals surface area contributed by atoms with Gasteiger partial charge in [0.2, 0.25) is 0 Å². The molecule has 0 fully saturated rings. The van der Waals surface area contributed by atoms with Crippen molar-refractivity contribution in [3.63, 3.8) is 0 Å². The fourth-order valence-electron chi connectivity index (χ4n) is 5.11. The van der Waals surface area contributed by atoms with Crippen molar-refractivity contribution in [3.8, 4) is 0 Å². The fraction of sp³-hybridized carbons (Fsp3) is 0.689. The van der Waals surface area contributed by atoms with E-state index in [1.807, 2.05) is 33.3 Å². The van der Waals surface area contributed by atoms with Crippen LogP contribution in [0.1, 0.15) is 149 Å². The number of nitrogens with zero attached hydrogens (tertiary/aromatic N) is 1. The minimum Gasteiger partial charge on any atom is -0.462 e. The number of carbonyl (C=O) groups is 2. The predicted molar refractivity (Wildman–Crippen MR) is 229 cm³/mol. The number of rotatable bonds is 37. The molecule has 1 N–H and O–H groups in total. The summed E-state index contributed by atoms with van der Waals surface area (Å²) in [5.74, 6) is -0.913. The van der Waals surface area contributed by atoms with Crippen LogP contribution in [0.5, 0.6) is 0 Å². The average molecular weight is 793 g/mol. The first-order valence-electron chi connectivity index (χ1n) is 21.2. The number of ether oxygens (including phenoxy) is 2. The molecule has 2 atom stereocenters. The Hall–Kier alpha value is -2.55. The maximum Gasteiger partial charge on any atom is 0.472 e. The highest BCUT2D eigenvalue weighted by molar-refractivity contribution is 7.47. The summed E-state index contributed by atoms with van der Waals surface area (Å²) in [6, 6.07) is 0. The Labute approximate surface area is 336 Å². The Kier molecular flexibility index (Phi) is 35.3. The first-order chi connectivity index (χ1) is 26.5. The lowest BCUT2D eigenvalue weighted by Gasteiger charge is -2.24. The molecule has 0 aromatic rings. The molecule has 0 saturated heterocycles. The normalized spacial score (nSPS) is 14.4. The lowest BCUT2D eigenvalue weighted by Crippen LogP contribution is -2.37. The summed E-state index contributed by atoms with van der Waals surface area (Å²) >= 11 is 0. The van der Waals surface area contributed by atoms with Gasteiger partial charge in [-0.1, -0.05) is 132 Å². The number of hydrogen-bond acceptors (Lipinski definition) is 7. The average Bonchev–Trinajstić information content (AvgIpc) is 3.13. The molecule has 0 saturated carbocycles. The molecule has 0 aliphatic rings. The second-order valence-electron chi connectivity index (χ2n) is 15.0. The van der Waals surface area contributed by atoms with Crippen molar-refractivity contribution in [1.29, 1.82) is 0 Å². The van der Waals surface area contributed by atoms with Crippen LogP contribution in [0.2, 0.25) is 0 Å². The Balaban J connectivity index is 4.54. The Morgan fingerprint density at radius 3 is 1.55 bits per heavy atom. The number of carbonyl (C=O) groups excluding carboxylic acids is 2. The lowest BCUT2D eigenvalue weighted by molar-refractivity contribution is -0.870. The van der Waals surface area contributed by atoms with Crippen molar-refractivity contribution in [2.24, 2.45) is 0 Å². The lowest BCUT2D eigenvalue weighted by atomic mass is 10.1. The standard InChI is InChI=1S/C45H78NO8P/c1-6-8-10-12-14-16-18-20-21-22-23-24-25-26-28-30-32-34-36-38-45(48)54-43(42-53-55(49,50)52-40-39-46(3,4)5)41-51-44(47)37-35-33-31-29-27-19-17-15-13-11-9-7-2/h14-17,20-21,23-24,26,28,32,34,43H,6-13,18-19,22,25,27,29-31,33,35-42H2,1-5H3/p+1/b16-14+,17-15+,21-20+,24-23+,28-26+,34-32+/t43-/m1/s1. The largest absolute Gasteiger partial charge is 0.472 e. The number of likely N-dealkylation sites (N-methyl/N-ethyl adjacent to an activating group) is 1. The number of allylic oxidation sites excluding steroid dienone is 12. The van der Waals surface area contributed by atoms with E-state index in [-0.39, 0.29) is 26.1 Å². The first kappa shape index (κ1) is 52.5. The zero-order chi connectivity index (χ0) is 40.7. The summed E-state index contributed by atoms with van der Waals surface area (Å²) in [5.41, 5.74) is 0. The van der Waals surface area contributed by atoms with Crippen molar-refractivity contribution in [3.05, 3.63) is 72.9 Å². The van der Waals surface area contributed by atoms with E-state index in [9.17, 15) is 19.0 Å². The highest BCUT2D eigenvalue weighted by Crippen LogP contribution is 2.43. The van der Waals surface area contributed by atoms with Gasteiger partial charge in [-0.15, -0.1) is 0 Å². The molecule has 0 rings (SSSR count). The van der Waals surface area contributed by atoms with Gasteiger partial charge in [0.05, 0.1) is 27.7 Å². The van der Waals surface area contributed by atoms with Gasteiger partial charge in [0.25, 0.3) is 0 Å². The highest BCUT2D eigenvalue weighted by atomic mass is 31.2. The summed E-state index contributed by atoms with van der Waals surface area (Å²) in [4.78, 5) is 35.2. The van der Waals surface area contributed by atoms with Crippen LogP contribution < -0.4 is 0 Å². The van der Waals surface area contributed by atoms with E-state index in [1.165, 1.54) is 44.9 Å². The van der Waals surface area contributed by atoms with Crippen LogP contribution >= 0.6 is 7.82 Å². The van der Waals surface area contributed by atoms with Crippen molar-refractivity contribution in [2.45, 2.75) is 155 Å². The van der Waals surface area contributed by atoms with Gasteiger partial charge in [-0.3, -0.25) is 18.6 Å². The Morgan fingerprint density at radius 2 is 1.02 bits per heavy atom. The summed E-state index contributed by atoms with van der Waals surface area (Å²) in [6.07, 6.45) is 45.4. The molecule has 1 unspecified atom stereocenters. The van der Waals surface area contributed by atoms with Crippen molar-refractivity contribution >= 4 is 19.8 Å². The maximum absolute atomic E-state index is 12.6. The van der Waals surface area contributed by atoms with E-state index in [0.29, 0.717) is 23.9 Å². The zero-order valence-corrected chi connectivity index (χ0v) is 36.3. The van der Waals surface area contributed by atoms with Crippen molar-refractivity contribution in [1.82, 2.24) is 0 Å². The molecule has 0 bridgehead atoms. The predicted octanol–water partition coefficient (Wildman–Crippen LogP) is 11.9. The molecule has 0 heterocycles. The van der Waals surface area contributed by atoms with Gasteiger partial charge >= 0.3 is 19.8 Å². The van der Waals surface area contributed by atoms with Gasteiger partial charge in [-0.2, -0.15) is 0 Å². The van der Waals surface area contributed by atoms with Crippen LogP contribution in [-0.2, 0) is 32.7 Å². The van der Waals surface area contributed by atoms with Crippen LogP contribution in [-0.4, -0.2) is 74.9 Å². The third-order valence-electron chi connectivity index (χ3n) is 8.47. The molecule has 316 valence electrons. The number of phosphoric acid groups is 1. The van der Waals surface area contributed by atoms with Crippen LogP contribution in [0.25, 0.3) is 0 Å². The molecule has 0 radical (unpaired) electrons. The number of hydrogen-bond donors (Lipinski definition) is 1. The molecule has 0 amide bonds. The van der Waals surface area contributed by atoms with Crippen molar-refractivity contribution < 1.29 is 42.1 Å². The minimum atomic E-state index is -4.40. The van der Waals surface area contributed by atoms with E-state index >= 15 is 0 Å². The molecule has 10 heteroatoms. The fourth-order valence-corrected chi connectivity index (χ4v) is 5.85. The number of esters is 2. The first-order valence-corrected chi connectivity index (χ1v) is 22.7. The summed E-state index contributed by atoms with van der Waals surface area (Å²) in [5, 5.41) is 0. The zero-order valence-electron chi connectivity index (χ0n) is 35.4. The topological polar surface area (TPSA) is 108 Å². The molecule has 55 heavy (non-hydrogen) atoms. The molecule has 0 aliphatic carbocycles. The second-order valence-corrected chi connectivity index (χ2v) is 16.5. The number of unbranched alkanes of at least 4 members (excludes halogenated alkanes) is 11. The van der Waals surface area contributed by atoms with Crippen LogP contribution in [0.15, 0.2) is 72.9 Å². The molecular formula is C45H79NO8P+. The quantitative estimate of drug-likeness (QED) is 0.0218.